The van der Waals surface area contributed by atoms with Gasteiger partial charge in [0.2, 0.25) is 0 Å². The third-order valence-electron chi connectivity index (χ3n) is 4.54. The summed E-state index contributed by atoms with van der Waals surface area (Å²) >= 11 is 0. The van der Waals surface area contributed by atoms with Gasteiger partial charge in [-0.3, -0.25) is 4.90 Å². The minimum absolute atomic E-state index is 0. The number of hydrogen-bond acceptors (Lipinski definition) is 1. The number of nitrogens with zero attached hydrogens (tertiary/aromatic N) is 1. The molecule has 0 bridgehead atoms. The molecule has 0 unspecified atom stereocenters. The largest absolute Gasteiger partial charge is 0.298 e. The summed E-state index contributed by atoms with van der Waals surface area (Å²) < 4.78 is 0. The summed E-state index contributed by atoms with van der Waals surface area (Å²) in [4.78, 5) is 2.65. The van der Waals surface area contributed by atoms with E-state index in [2.05, 4.69) is 63.8 Å². The predicted molar refractivity (Wildman–Crippen MR) is 115 cm³/mol. The molecule has 2 heteroatoms. The molecular weight excluding hydrogens is 379 g/mol. The van der Waals surface area contributed by atoms with Crippen LogP contribution in [0.15, 0.2) is 30.3 Å². The minimum atomic E-state index is 0. The van der Waals surface area contributed by atoms with Crippen molar-refractivity contribution in [3.05, 3.63) is 35.9 Å². The van der Waals surface area contributed by atoms with Crippen LogP contribution in [0.4, 0.5) is 0 Å². The maximum atomic E-state index is 2.65. The van der Waals surface area contributed by atoms with Gasteiger partial charge in [-0.05, 0) is 44.7 Å². The van der Waals surface area contributed by atoms with Gasteiger partial charge in [0.05, 0.1) is 0 Å². The molecule has 2 rings (SSSR count). The molecule has 147 valence electrons. The fraction of sp³-hybridized carbons (Fsp3) is 0.739. The van der Waals surface area contributed by atoms with E-state index in [1.54, 1.807) is 0 Å². The molecule has 1 radical (unpaired) electrons. The van der Waals surface area contributed by atoms with E-state index in [9.17, 15) is 0 Å². The molecule has 0 saturated heterocycles. The van der Waals surface area contributed by atoms with Crippen molar-refractivity contribution < 1.29 is 32.7 Å². The normalized spacial score (nSPS) is 13.6. The van der Waals surface area contributed by atoms with Crippen molar-refractivity contribution in [2.45, 2.75) is 107 Å². The fourth-order valence-corrected chi connectivity index (χ4v) is 3.30. The average molecular weight is 427 g/mol. The summed E-state index contributed by atoms with van der Waals surface area (Å²) in [7, 11) is 0. The first kappa shape index (κ1) is 32.9. The Hall–Kier alpha value is 0.284. The zero-order valence-electron chi connectivity index (χ0n) is 15.4. The van der Waals surface area contributed by atoms with Crippen LogP contribution in [-0.4, -0.2) is 23.5 Å². The summed E-state index contributed by atoms with van der Waals surface area (Å²) in [6.45, 7) is 12.6. The predicted octanol–water partition coefficient (Wildman–Crippen LogP) is 7.77. The second-order valence-corrected chi connectivity index (χ2v) is 6.78. The van der Waals surface area contributed by atoms with E-state index in [1.165, 1.54) is 44.2 Å². The zero-order chi connectivity index (χ0) is 15.7. The van der Waals surface area contributed by atoms with Crippen LogP contribution in [0.1, 0.15) is 100 Å². The Morgan fingerprint density at radius 3 is 1.68 bits per heavy atom. The number of hydrogen-bond donors (Lipinski definition) is 0. The van der Waals surface area contributed by atoms with E-state index >= 15 is 0 Å². The Morgan fingerprint density at radius 2 is 1.36 bits per heavy atom. The molecule has 1 aliphatic carbocycles. The number of rotatable bonds is 4. The van der Waals surface area contributed by atoms with E-state index < -0.39 is 0 Å². The molecule has 1 nitrogen and oxygen atoms in total. The smallest absolute Gasteiger partial charge is 0.00978 e. The van der Waals surface area contributed by atoms with Crippen molar-refractivity contribution in [2.75, 3.05) is 6.54 Å². The van der Waals surface area contributed by atoms with E-state index in [0.717, 1.165) is 12.1 Å². The average Bonchev–Trinajstić information content (AvgIpc) is 2.50. The van der Waals surface area contributed by atoms with Gasteiger partial charge < -0.3 is 0 Å². The fourth-order valence-electron chi connectivity index (χ4n) is 3.30. The Morgan fingerprint density at radius 1 is 0.880 bits per heavy atom. The van der Waals surface area contributed by atoms with E-state index in [1.807, 2.05) is 6.07 Å². The topological polar surface area (TPSA) is 3.24 Å². The van der Waals surface area contributed by atoms with Gasteiger partial charge in [0.25, 0.3) is 0 Å². The van der Waals surface area contributed by atoms with Crippen LogP contribution in [0.5, 0.6) is 0 Å². The van der Waals surface area contributed by atoms with Gasteiger partial charge in [-0.1, -0.05) is 92.6 Å². The molecule has 1 saturated carbocycles. The van der Waals surface area contributed by atoms with Crippen molar-refractivity contribution in [3.63, 3.8) is 0 Å². The molecule has 0 aromatic heterocycles. The summed E-state index contributed by atoms with van der Waals surface area (Å²) in [5.74, 6) is 0.659. The Labute approximate surface area is 186 Å². The maximum absolute atomic E-state index is 2.65. The minimum Gasteiger partial charge on any atom is -0.298 e. The van der Waals surface area contributed by atoms with Gasteiger partial charge in [0, 0.05) is 44.8 Å². The molecule has 1 aromatic rings. The number of benzene rings is 1. The molecular formula is C23H47NY. The van der Waals surface area contributed by atoms with Crippen LogP contribution >= 0.6 is 0 Å². The third-order valence-corrected chi connectivity index (χ3v) is 4.54. The summed E-state index contributed by atoms with van der Waals surface area (Å²) in [6, 6.07) is 12.1. The molecule has 25 heavy (non-hydrogen) atoms. The van der Waals surface area contributed by atoms with Crippen LogP contribution in [-0.2, 0) is 32.7 Å². The Balaban J connectivity index is -0.000000156. The quantitative estimate of drug-likeness (QED) is 0.475. The van der Waals surface area contributed by atoms with Gasteiger partial charge in [-0.15, -0.1) is 0 Å². The van der Waals surface area contributed by atoms with Crippen LogP contribution in [0, 0.1) is 0 Å². The molecule has 0 spiro atoms. The van der Waals surface area contributed by atoms with Crippen LogP contribution in [0.2, 0.25) is 0 Å². The first-order valence-corrected chi connectivity index (χ1v) is 8.86. The maximum Gasteiger partial charge on any atom is 0.00978 e. The van der Waals surface area contributed by atoms with Crippen LogP contribution in [0.25, 0.3) is 0 Å². The van der Waals surface area contributed by atoms with Crippen molar-refractivity contribution >= 4 is 0 Å². The van der Waals surface area contributed by atoms with Gasteiger partial charge in [-0.2, -0.15) is 0 Å². The second kappa shape index (κ2) is 19.1. The first-order valence-electron chi connectivity index (χ1n) is 8.86. The van der Waals surface area contributed by atoms with Crippen molar-refractivity contribution in [1.29, 1.82) is 0 Å². The molecule has 1 fully saturated rings. The molecule has 0 heterocycles. The van der Waals surface area contributed by atoms with E-state index in [-0.39, 0.29) is 55.0 Å². The van der Waals surface area contributed by atoms with Crippen molar-refractivity contribution in [2.24, 2.45) is 0 Å². The molecule has 0 N–H and O–H groups in total. The van der Waals surface area contributed by atoms with Gasteiger partial charge in [0.15, 0.2) is 0 Å². The monoisotopic (exact) mass is 426 g/mol. The standard InChI is InChI=1S/C11H23N.C9H12.3CH4.Y/c1-4-12(10(2)3)11-8-6-5-7-9-11;1-8(2)9-6-4-3-5-7-9;;;;/h10-11H,4-9H2,1-3H3;3-8H,1-2H3;3*1H4;. The summed E-state index contributed by atoms with van der Waals surface area (Å²) in [6.07, 6.45) is 7.24. The molecule has 1 aromatic carbocycles. The third kappa shape index (κ3) is 13.1. The summed E-state index contributed by atoms with van der Waals surface area (Å²) in [5.41, 5.74) is 1.41. The molecule has 0 amide bonds. The van der Waals surface area contributed by atoms with Gasteiger partial charge in [0.1, 0.15) is 0 Å². The van der Waals surface area contributed by atoms with E-state index in [4.69, 9.17) is 0 Å². The van der Waals surface area contributed by atoms with Crippen LogP contribution < -0.4 is 0 Å². The van der Waals surface area contributed by atoms with Gasteiger partial charge in [-0.25, -0.2) is 0 Å². The van der Waals surface area contributed by atoms with Crippen molar-refractivity contribution in [3.8, 4) is 0 Å². The Bertz CT molecular complexity index is 356. The summed E-state index contributed by atoms with van der Waals surface area (Å²) in [5, 5.41) is 0. The molecule has 0 aliphatic heterocycles. The first-order chi connectivity index (χ1) is 10.1. The van der Waals surface area contributed by atoms with Crippen LogP contribution in [0.3, 0.4) is 0 Å². The second-order valence-electron chi connectivity index (χ2n) is 6.78. The molecule has 1 aliphatic rings. The van der Waals surface area contributed by atoms with E-state index in [0.29, 0.717) is 5.92 Å². The zero-order valence-corrected chi connectivity index (χ0v) is 18.2. The Kier molecular flexibility index (Phi) is 25.1. The van der Waals surface area contributed by atoms with Gasteiger partial charge >= 0.3 is 0 Å². The van der Waals surface area contributed by atoms with Crippen molar-refractivity contribution in [1.82, 2.24) is 4.90 Å². The SMILES string of the molecule is C.C.C.CC(C)c1ccccc1.CCN(C(C)C)C1CCCCC1.[Y]. The molecule has 0 atom stereocenters.